The van der Waals surface area contributed by atoms with Crippen molar-refractivity contribution >= 4 is 16.9 Å². The molecule has 0 bridgehead atoms. The summed E-state index contributed by atoms with van der Waals surface area (Å²) in [5.74, 6) is 0.422. The van der Waals surface area contributed by atoms with Crippen molar-refractivity contribution in [3.8, 4) is 0 Å². The van der Waals surface area contributed by atoms with Crippen molar-refractivity contribution in [2.75, 3.05) is 0 Å². The molecule has 0 spiro atoms. The largest absolute Gasteiger partial charge is 0.350 e. The Morgan fingerprint density at radius 1 is 1.28 bits per heavy atom. The van der Waals surface area contributed by atoms with E-state index in [4.69, 9.17) is 4.98 Å². The van der Waals surface area contributed by atoms with E-state index in [2.05, 4.69) is 28.0 Å². The summed E-state index contributed by atoms with van der Waals surface area (Å²) in [6, 6.07) is 6.06. The molecule has 0 radical (unpaired) electrons. The molecule has 25 heavy (non-hydrogen) atoms. The highest BCUT2D eigenvalue weighted by atomic mass is 16.1. The monoisotopic (exact) mass is 337 g/mol. The standard InChI is InChI=1S/C19H23N5O/c1-11-5-8-14(23(11)3)10-20-19(25)15-9-16(13-6-7-13)21-18-17(15)12(2)22-24(18)4/h5,8-9,13H,6-7,10H2,1-4H3,(H,20,25). The highest BCUT2D eigenvalue weighted by Crippen LogP contribution is 2.40. The predicted octanol–water partition coefficient (Wildman–Crippen LogP) is 2.73. The second-order valence-electron chi connectivity index (χ2n) is 6.98. The van der Waals surface area contributed by atoms with Crippen LogP contribution in [0, 0.1) is 13.8 Å². The first-order valence-electron chi connectivity index (χ1n) is 8.69. The van der Waals surface area contributed by atoms with Crippen molar-refractivity contribution in [3.05, 3.63) is 46.5 Å². The van der Waals surface area contributed by atoms with Crippen LogP contribution in [0.15, 0.2) is 18.2 Å². The number of aryl methyl sites for hydroxylation is 3. The molecule has 1 saturated carbocycles. The highest BCUT2D eigenvalue weighted by Gasteiger charge is 2.28. The number of hydrogen-bond acceptors (Lipinski definition) is 3. The first kappa shape index (κ1) is 15.9. The van der Waals surface area contributed by atoms with E-state index in [0.717, 1.165) is 41.0 Å². The molecule has 0 unspecified atom stereocenters. The van der Waals surface area contributed by atoms with Gasteiger partial charge in [0.05, 0.1) is 23.2 Å². The Labute approximate surface area is 146 Å². The quantitative estimate of drug-likeness (QED) is 0.796. The number of carbonyl (C=O) groups is 1. The van der Waals surface area contributed by atoms with Crippen LogP contribution in [0.1, 0.15) is 51.9 Å². The normalized spacial score (nSPS) is 14.2. The summed E-state index contributed by atoms with van der Waals surface area (Å²) in [5, 5.41) is 8.37. The Morgan fingerprint density at radius 3 is 2.68 bits per heavy atom. The fourth-order valence-corrected chi connectivity index (χ4v) is 3.34. The van der Waals surface area contributed by atoms with Crippen LogP contribution in [-0.4, -0.2) is 25.2 Å². The van der Waals surface area contributed by atoms with E-state index < -0.39 is 0 Å². The smallest absolute Gasteiger partial charge is 0.252 e. The summed E-state index contributed by atoms with van der Waals surface area (Å²) in [7, 11) is 3.89. The molecule has 0 aromatic carbocycles. The molecule has 1 aliphatic carbocycles. The van der Waals surface area contributed by atoms with E-state index in [9.17, 15) is 4.79 Å². The number of pyridine rings is 1. The Morgan fingerprint density at radius 2 is 2.04 bits per heavy atom. The molecule has 1 fully saturated rings. The summed E-state index contributed by atoms with van der Waals surface area (Å²) in [5.41, 5.74) is 5.59. The minimum absolute atomic E-state index is 0.0655. The lowest BCUT2D eigenvalue weighted by molar-refractivity contribution is 0.0951. The Hall–Kier alpha value is -2.63. The third kappa shape index (κ3) is 2.71. The van der Waals surface area contributed by atoms with E-state index in [-0.39, 0.29) is 5.91 Å². The molecule has 1 amide bonds. The van der Waals surface area contributed by atoms with Crippen molar-refractivity contribution in [2.24, 2.45) is 14.1 Å². The first-order chi connectivity index (χ1) is 12.0. The van der Waals surface area contributed by atoms with E-state index in [1.54, 1.807) is 4.68 Å². The summed E-state index contributed by atoms with van der Waals surface area (Å²) < 4.78 is 3.86. The van der Waals surface area contributed by atoms with Crippen molar-refractivity contribution in [3.63, 3.8) is 0 Å². The zero-order chi connectivity index (χ0) is 17.7. The van der Waals surface area contributed by atoms with E-state index in [0.29, 0.717) is 18.0 Å². The zero-order valence-electron chi connectivity index (χ0n) is 15.1. The number of carbonyl (C=O) groups excluding carboxylic acids is 1. The number of nitrogens with one attached hydrogen (secondary N) is 1. The summed E-state index contributed by atoms with van der Waals surface area (Å²) in [6.07, 6.45) is 2.30. The summed E-state index contributed by atoms with van der Waals surface area (Å²) >= 11 is 0. The highest BCUT2D eigenvalue weighted by molar-refractivity contribution is 6.06. The molecule has 3 heterocycles. The molecular weight excluding hydrogens is 314 g/mol. The summed E-state index contributed by atoms with van der Waals surface area (Å²) in [4.78, 5) is 17.7. The Balaban J connectivity index is 1.69. The minimum atomic E-state index is -0.0655. The fourth-order valence-electron chi connectivity index (χ4n) is 3.34. The molecule has 0 atom stereocenters. The number of hydrogen-bond donors (Lipinski definition) is 1. The maximum atomic E-state index is 12.9. The van der Waals surface area contributed by atoms with E-state index in [1.807, 2.05) is 33.2 Å². The molecular formula is C19H23N5O. The molecule has 6 nitrogen and oxygen atoms in total. The number of nitrogens with zero attached hydrogens (tertiary/aromatic N) is 4. The van der Waals surface area contributed by atoms with Crippen LogP contribution in [0.3, 0.4) is 0 Å². The molecule has 4 rings (SSSR count). The van der Waals surface area contributed by atoms with Gasteiger partial charge in [0.1, 0.15) is 0 Å². The molecule has 0 saturated heterocycles. The maximum absolute atomic E-state index is 12.9. The zero-order valence-corrected chi connectivity index (χ0v) is 15.1. The van der Waals surface area contributed by atoms with Gasteiger partial charge in [0, 0.05) is 37.1 Å². The van der Waals surface area contributed by atoms with Crippen LogP contribution < -0.4 is 5.32 Å². The topological polar surface area (TPSA) is 64.7 Å². The molecule has 3 aromatic rings. The van der Waals surface area contributed by atoms with Gasteiger partial charge in [-0.1, -0.05) is 0 Å². The Kier molecular flexibility index (Phi) is 3.63. The number of fused-ring (bicyclic) bond motifs is 1. The van der Waals surface area contributed by atoms with Gasteiger partial charge in [-0.25, -0.2) is 4.98 Å². The fraction of sp³-hybridized carbons (Fsp3) is 0.421. The third-order valence-corrected chi connectivity index (χ3v) is 5.14. The van der Waals surface area contributed by atoms with Gasteiger partial charge in [0.25, 0.3) is 5.91 Å². The van der Waals surface area contributed by atoms with Gasteiger partial charge in [-0.05, 0) is 44.9 Å². The number of amides is 1. The van der Waals surface area contributed by atoms with Gasteiger partial charge >= 0.3 is 0 Å². The molecule has 1 aliphatic rings. The second-order valence-corrected chi connectivity index (χ2v) is 6.98. The van der Waals surface area contributed by atoms with Gasteiger partial charge in [-0.15, -0.1) is 0 Å². The maximum Gasteiger partial charge on any atom is 0.252 e. The van der Waals surface area contributed by atoms with Crippen LogP contribution in [0.5, 0.6) is 0 Å². The third-order valence-electron chi connectivity index (χ3n) is 5.14. The molecule has 130 valence electrons. The van der Waals surface area contributed by atoms with Crippen molar-refractivity contribution in [2.45, 2.75) is 39.2 Å². The van der Waals surface area contributed by atoms with Gasteiger partial charge in [0.2, 0.25) is 0 Å². The molecule has 0 aliphatic heterocycles. The average Bonchev–Trinajstić information content (AvgIpc) is 3.34. The van der Waals surface area contributed by atoms with Gasteiger partial charge in [0.15, 0.2) is 5.65 Å². The molecule has 1 N–H and O–H groups in total. The van der Waals surface area contributed by atoms with Crippen LogP contribution in [-0.2, 0) is 20.6 Å². The average molecular weight is 337 g/mol. The second kappa shape index (κ2) is 5.72. The van der Waals surface area contributed by atoms with E-state index >= 15 is 0 Å². The lowest BCUT2D eigenvalue weighted by atomic mass is 10.1. The van der Waals surface area contributed by atoms with E-state index in [1.165, 1.54) is 5.69 Å². The van der Waals surface area contributed by atoms with Crippen LogP contribution in [0.25, 0.3) is 11.0 Å². The summed E-state index contributed by atoms with van der Waals surface area (Å²) in [6.45, 7) is 4.49. The first-order valence-corrected chi connectivity index (χ1v) is 8.69. The van der Waals surface area contributed by atoms with Gasteiger partial charge < -0.3 is 9.88 Å². The van der Waals surface area contributed by atoms with Crippen molar-refractivity contribution in [1.82, 2.24) is 24.6 Å². The van der Waals surface area contributed by atoms with Gasteiger partial charge in [-0.3, -0.25) is 9.48 Å². The Bertz CT molecular complexity index is 978. The molecule has 3 aromatic heterocycles. The number of aromatic nitrogens is 4. The lowest BCUT2D eigenvalue weighted by Crippen LogP contribution is -2.24. The SMILES string of the molecule is Cc1nn(C)c2nc(C3CC3)cc(C(=O)NCc3ccc(C)n3C)c12. The predicted molar refractivity (Wildman–Crippen MR) is 96.5 cm³/mol. The van der Waals surface area contributed by atoms with Crippen LogP contribution in [0.4, 0.5) is 0 Å². The van der Waals surface area contributed by atoms with Crippen LogP contribution in [0.2, 0.25) is 0 Å². The molecule has 6 heteroatoms. The van der Waals surface area contributed by atoms with Crippen molar-refractivity contribution in [1.29, 1.82) is 0 Å². The van der Waals surface area contributed by atoms with Crippen LogP contribution >= 0.6 is 0 Å². The number of rotatable bonds is 4. The van der Waals surface area contributed by atoms with Crippen molar-refractivity contribution < 1.29 is 4.79 Å². The van der Waals surface area contributed by atoms with Gasteiger partial charge in [-0.2, -0.15) is 5.10 Å². The minimum Gasteiger partial charge on any atom is -0.350 e. The lowest BCUT2D eigenvalue weighted by Gasteiger charge is -2.10.